The van der Waals surface area contributed by atoms with Crippen LogP contribution in [0, 0.1) is 0 Å². The van der Waals surface area contributed by atoms with Crippen LogP contribution >= 0.6 is 11.3 Å². The molecule has 0 aromatic carbocycles. The van der Waals surface area contributed by atoms with Crippen LogP contribution in [0.1, 0.15) is 22.3 Å². The van der Waals surface area contributed by atoms with Gasteiger partial charge in [-0.3, -0.25) is 4.79 Å². The molecule has 0 fully saturated rings. The van der Waals surface area contributed by atoms with Crippen molar-refractivity contribution in [1.82, 2.24) is 4.98 Å². The zero-order chi connectivity index (χ0) is 13.3. The van der Waals surface area contributed by atoms with E-state index in [1.54, 1.807) is 0 Å². The lowest BCUT2D eigenvalue weighted by Gasteiger charge is -2.06. The number of alkyl halides is 2. The van der Waals surface area contributed by atoms with Crippen LogP contribution in [0.2, 0.25) is 0 Å². The first-order valence-corrected chi connectivity index (χ1v) is 5.75. The molecule has 94 valence electrons. The summed E-state index contributed by atoms with van der Waals surface area (Å²) in [5.74, 6) is -1.33. The Bertz CT molecular complexity index is 648. The molecule has 2 heterocycles. The van der Waals surface area contributed by atoms with Gasteiger partial charge < -0.3 is 10.1 Å². The Morgan fingerprint density at radius 1 is 1.33 bits per heavy atom. The minimum absolute atomic E-state index is 0.0821. The highest BCUT2D eigenvalue weighted by atomic mass is 32.1. The van der Waals surface area contributed by atoms with Gasteiger partial charge in [0.2, 0.25) is 5.56 Å². The highest BCUT2D eigenvalue weighted by molar-refractivity contribution is 7.08. The molecule has 2 rings (SSSR count). The van der Waals surface area contributed by atoms with Crippen molar-refractivity contribution in [3.05, 3.63) is 44.5 Å². The van der Waals surface area contributed by atoms with Crippen molar-refractivity contribution in [3.63, 3.8) is 0 Å². The monoisotopic (exact) mass is 271 g/mol. The molecular formula is C11H7F2NO3S. The van der Waals surface area contributed by atoms with Gasteiger partial charge in [-0.05, 0) is 5.38 Å². The van der Waals surface area contributed by atoms with E-state index in [0.29, 0.717) is 0 Å². The average Bonchev–Trinajstić information content (AvgIpc) is 2.77. The number of pyridine rings is 1. The van der Waals surface area contributed by atoms with Gasteiger partial charge in [-0.25, -0.2) is 13.6 Å². The molecular weight excluding hydrogens is 264 g/mol. The van der Waals surface area contributed by atoms with Crippen LogP contribution in [-0.2, 0) is 0 Å². The molecule has 2 aromatic heterocycles. The Kier molecular flexibility index (Phi) is 3.24. The van der Waals surface area contributed by atoms with Crippen LogP contribution in [0.15, 0.2) is 27.8 Å². The number of carboxylic acid groups (broad SMARTS) is 1. The van der Waals surface area contributed by atoms with E-state index >= 15 is 0 Å². The minimum atomic E-state index is -2.69. The van der Waals surface area contributed by atoms with Crippen LogP contribution in [0.3, 0.4) is 0 Å². The Hall–Kier alpha value is -2.02. The van der Waals surface area contributed by atoms with E-state index in [1.165, 1.54) is 10.8 Å². The zero-order valence-corrected chi connectivity index (χ0v) is 9.63. The third-order valence-corrected chi connectivity index (χ3v) is 3.13. The molecule has 0 aliphatic heterocycles. The minimum Gasteiger partial charge on any atom is -0.478 e. The predicted molar refractivity (Wildman–Crippen MR) is 62.3 cm³/mol. The third kappa shape index (κ3) is 2.17. The fourth-order valence-electron chi connectivity index (χ4n) is 1.57. The van der Waals surface area contributed by atoms with Crippen molar-refractivity contribution in [2.45, 2.75) is 6.43 Å². The number of carboxylic acids is 1. The lowest BCUT2D eigenvalue weighted by atomic mass is 10.0. The number of H-pyrrole nitrogens is 1. The Morgan fingerprint density at radius 3 is 2.67 bits per heavy atom. The van der Waals surface area contributed by atoms with Gasteiger partial charge in [0.25, 0.3) is 6.43 Å². The normalized spacial score (nSPS) is 10.8. The fraction of sp³-hybridized carbons (Fsp3) is 0.0909. The highest BCUT2D eigenvalue weighted by Crippen LogP contribution is 2.35. The molecule has 2 aromatic rings. The van der Waals surface area contributed by atoms with Crippen LogP contribution in [0.4, 0.5) is 8.78 Å². The molecule has 2 N–H and O–H groups in total. The fourth-order valence-corrected chi connectivity index (χ4v) is 2.41. The first-order valence-electron chi connectivity index (χ1n) is 4.81. The largest absolute Gasteiger partial charge is 0.478 e. The molecule has 0 unspecified atom stereocenters. The summed E-state index contributed by atoms with van der Waals surface area (Å²) in [5.41, 5.74) is -0.916. The third-order valence-electron chi connectivity index (χ3n) is 2.37. The number of aromatic carboxylic acids is 1. The van der Waals surface area contributed by atoms with E-state index in [0.717, 1.165) is 23.6 Å². The van der Waals surface area contributed by atoms with E-state index < -0.39 is 18.0 Å². The second-order valence-corrected chi connectivity index (χ2v) is 4.21. The smallest absolute Gasteiger partial charge is 0.336 e. The van der Waals surface area contributed by atoms with Crippen molar-refractivity contribution in [3.8, 4) is 11.1 Å². The highest BCUT2D eigenvalue weighted by Gasteiger charge is 2.20. The van der Waals surface area contributed by atoms with E-state index in [1.807, 2.05) is 0 Å². The number of thiophene rings is 1. The van der Waals surface area contributed by atoms with Crippen molar-refractivity contribution < 1.29 is 18.7 Å². The predicted octanol–water partition coefficient (Wildman–Crippen LogP) is 2.74. The SMILES string of the molecule is O=C(O)c1cc(=O)[nH]cc1-c1cscc1C(F)F. The van der Waals surface area contributed by atoms with Crippen molar-refractivity contribution >= 4 is 17.3 Å². The van der Waals surface area contributed by atoms with Gasteiger partial charge in [0.1, 0.15) is 0 Å². The summed E-state index contributed by atoms with van der Waals surface area (Å²) >= 11 is 1.05. The van der Waals surface area contributed by atoms with Gasteiger partial charge in [-0.15, -0.1) is 0 Å². The number of carbonyl (C=O) groups is 1. The molecule has 0 bridgehead atoms. The lowest BCUT2D eigenvalue weighted by molar-refractivity contribution is 0.0697. The molecule has 0 saturated heterocycles. The first-order chi connectivity index (χ1) is 8.50. The first kappa shape index (κ1) is 12.4. The topological polar surface area (TPSA) is 70.2 Å². The lowest BCUT2D eigenvalue weighted by Crippen LogP contribution is -2.10. The Labute approximate surface area is 104 Å². The Morgan fingerprint density at radius 2 is 2.06 bits per heavy atom. The van der Waals surface area contributed by atoms with Gasteiger partial charge in [-0.1, -0.05) is 0 Å². The van der Waals surface area contributed by atoms with Gasteiger partial charge >= 0.3 is 5.97 Å². The van der Waals surface area contributed by atoms with E-state index in [2.05, 4.69) is 4.98 Å². The van der Waals surface area contributed by atoms with Crippen LogP contribution < -0.4 is 5.56 Å². The van der Waals surface area contributed by atoms with Crippen molar-refractivity contribution in [2.24, 2.45) is 0 Å². The second-order valence-electron chi connectivity index (χ2n) is 3.47. The maximum atomic E-state index is 12.7. The molecule has 0 atom stereocenters. The molecule has 18 heavy (non-hydrogen) atoms. The summed E-state index contributed by atoms with van der Waals surface area (Å²) in [6, 6.07) is 0.880. The quantitative estimate of drug-likeness (QED) is 0.901. The molecule has 0 amide bonds. The standard InChI is InChI=1S/C11H7F2NO3S/c12-10(13)8-4-18-3-7(8)6-2-14-9(15)1-5(6)11(16)17/h1-4,10H,(H,14,15)(H,16,17). The summed E-state index contributed by atoms with van der Waals surface area (Å²) < 4.78 is 25.5. The summed E-state index contributed by atoms with van der Waals surface area (Å²) in [6.07, 6.45) is -1.56. The summed E-state index contributed by atoms with van der Waals surface area (Å²) in [5, 5.41) is 11.7. The van der Waals surface area contributed by atoms with Gasteiger partial charge in [0, 0.05) is 34.3 Å². The molecule has 0 aliphatic carbocycles. The maximum absolute atomic E-state index is 12.7. The number of hydrogen-bond donors (Lipinski definition) is 2. The van der Waals surface area contributed by atoms with Gasteiger partial charge in [0.15, 0.2) is 0 Å². The number of aromatic nitrogens is 1. The van der Waals surface area contributed by atoms with E-state index in [9.17, 15) is 18.4 Å². The molecule has 7 heteroatoms. The molecule has 4 nitrogen and oxygen atoms in total. The van der Waals surface area contributed by atoms with Crippen molar-refractivity contribution in [2.75, 3.05) is 0 Å². The number of rotatable bonds is 3. The Balaban J connectivity index is 2.67. The zero-order valence-electron chi connectivity index (χ0n) is 8.81. The average molecular weight is 271 g/mol. The molecule has 0 saturated carbocycles. The van der Waals surface area contributed by atoms with Crippen LogP contribution in [-0.4, -0.2) is 16.1 Å². The molecule has 0 spiro atoms. The summed E-state index contributed by atoms with van der Waals surface area (Å²) in [6.45, 7) is 0. The molecule has 0 radical (unpaired) electrons. The van der Waals surface area contributed by atoms with Crippen molar-refractivity contribution in [1.29, 1.82) is 0 Å². The summed E-state index contributed by atoms with van der Waals surface area (Å²) in [4.78, 5) is 24.4. The van der Waals surface area contributed by atoms with Gasteiger partial charge in [-0.2, -0.15) is 11.3 Å². The number of nitrogens with one attached hydrogen (secondary N) is 1. The summed E-state index contributed by atoms with van der Waals surface area (Å²) in [7, 11) is 0. The molecule has 0 aliphatic rings. The number of hydrogen-bond acceptors (Lipinski definition) is 3. The van der Waals surface area contributed by atoms with Crippen LogP contribution in [0.25, 0.3) is 11.1 Å². The van der Waals surface area contributed by atoms with Gasteiger partial charge in [0.05, 0.1) is 5.56 Å². The van der Waals surface area contributed by atoms with E-state index in [4.69, 9.17) is 5.11 Å². The van der Waals surface area contributed by atoms with Crippen LogP contribution in [0.5, 0.6) is 0 Å². The maximum Gasteiger partial charge on any atom is 0.336 e. The number of aromatic amines is 1. The number of halogens is 2. The van der Waals surface area contributed by atoms with E-state index in [-0.39, 0.29) is 22.3 Å². The second kappa shape index (κ2) is 4.69.